The fraction of sp³-hybridized carbons (Fsp3) is 0.591. The molecule has 0 saturated carbocycles. The zero-order valence-electron chi connectivity index (χ0n) is 30.2. The summed E-state index contributed by atoms with van der Waals surface area (Å²) < 4.78 is 12.4. The highest BCUT2D eigenvalue weighted by Crippen LogP contribution is 2.43. The van der Waals surface area contributed by atoms with Gasteiger partial charge in [0.15, 0.2) is 5.60 Å². The van der Waals surface area contributed by atoms with Crippen LogP contribution in [-0.4, -0.2) is 18.8 Å². The van der Waals surface area contributed by atoms with E-state index in [2.05, 4.69) is 50.3 Å². The number of nitriles is 2. The zero-order chi connectivity index (χ0) is 34.1. The van der Waals surface area contributed by atoms with E-state index in [1.165, 1.54) is 109 Å². The number of allylic oxidation sites excluding steroid dienone is 2. The van der Waals surface area contributed by atoms with Crippen LogP contribution in [0.2, 0.25) is 0 Å². The van der Waals surface area contributed by atoms with Gasteiger partial charge in [0, 0.05) is 13.0 Å². The number of ether oxygens (including phenoxy) is 2. The predicted molar refractivity (Wildman–Crippen MR) is 201 cm³/mol. The molecule has 260 valence electrons. The third-order valence-electron chi connectivity index (χ3n) is 9.68. The molecule has 0 radical (unpaired) electrons. The van der Waals surface area contributed by atoms with E-state index in [4.69, 9.17) is 9.47 Å². The van der Waals surface area contributed by atoms with Crippen molar-refractivity contribution in [2.75, 3.05) is 13.2 Å². The normalized spacial score (nSPS) is 16.0. The lowest BCUT2D eigenvalue weighted by molar-refractivity contribution is 0.0284. The molecule has 0 heterocycles. The summed E-state index contributed by atoms with van der Waals surface area (Å²) >= 11 is 0. The zero-order valence-corrected chi connectivity index (χ0v) is 30.2. The topological polar surface area (TPSA) is 66.0 Å². The number of rotatable bonds is 26. The summed E-state index contributed by atoms with van der Waals surface area (Å²) in [5.74, 6) is 0.864. The smallest absolute Gasteiger partial charge is 0.193 e. The largest absolute Gasteiger partial charge is 0.494 e. The van der Waals surface area contributed by atoms with E-state index >= 15 is 0 Å². The van der Waals surface area contributed by atoms with Gasteiger partial charge in [-0.3, -0.25) is 0 Å². The predicted octanol–water partition coefficient (Wildman–Crippen LogP) is 13.0. The molecule has 1 unspecified atom stereocenters. The van der Waals surface area contributed by atoms with E-state index in [0.29, 0.717) is 18.6 Å². The van der Waals surface area contributed by atoms with Gasteiger partial charge in [0.2, 0.25) is 0 Å². The molecule has 0 N–H and O–H groups in total. The number of nitrogens with zero attached hydrogens (tertiary/aromatic N) is 2. The molecule has 1 aliphatic carbocycles. The van der Waals surface area contributed by atoms with E-state index < -0.39 is 5.60 Å². The Kier molecular flexibility index (Phi) is 19.5. The molecular weight excluding hydrogens is 588 g/mol. The summed E-state index contributed by atoms with van der Waals surface area (Å²) in [6, 6.07) is 23.1. The minimum absolute atomic E-state index is 0.344. The Hall–Kier alpha value is -3.34. The first-order valence-corrected chi connectivity index (χ1v) is 19.4. The average Bonchev–Trinajstić information content (AvgIpc) is 3.13. The summed E-state index contributed by atoms with van der Waals surface area (Å²) in [5.41, 5.74) is 3.15. The minimum Gasteiger partial charge on any atom is -0.494 e. The molecule has 0 spiro atoms. The van der Waals surface area contributed by atoms with Crippen LogP contribution < -0.4 is 4.74 Å². The van der Waals surface area contributed by atoms with E-state index in [-0.39, 0.29) is 0 Å². The van der Waals surface area contributed by atoms with Crippen molar-refractivity contribution < 1.29 is 9.47 Å². The maximum Gasteiger partial charge on any atom is 0.193 e. The van der Waals surface area contributed by atoms with Gasteiger partial charge in [-0.05, 0) is 53.3 Å². The first kappa shape index (κ1) is 39.1. The van der Waals surface area contributed by atoms with E-state index in [1.54, 1.807) is 0 Å². The van der Waals surface area contributed by atoms with E-state index in [1.807, 2.05) is 36.4 Å². The maximum absolute atomic E-state index is 10.5. The third-order valence-corrected chi connectivity index (χ3v) is 9.68. The van der Waals surface area contributed by atoms with Crippen molar-refractivity contribution in [3.8, 4) is 17.9 Å². The standard InChI is InChI=1S/C44H62N2O2/c1-3-5-7-9-11-13-15-17-19-24-32-47-41-30-28-39(29-31-41)42-34-40(36-45)44(37-46,35-43(42)38-26-22-21-23-27-38)48-33-25-20-18-16-14-12-10-8-6-4-2/h21-23,26-31,34H,3-20,24-25,32-33,35H2,1-2H3. The lowest BCUT2D eigenvalue weighted by Gasteiger charge is -2.32. The highest BCUT2D eigenvalue weighted by atomic mass is 16.5. The Balaban J connectivity index is 1.56. The van der Waals surface area contributed by atoms with Crippen LogP contribution in [0.25, 0.3) is 11.1 Å². The highest BCUT2D eigenvalue weighted by molar-refractivity contribution is 5.98. The lowest BCUT2D eigenvalue weighted by Crippen LogP contribution is -2.36. The van der Waals surface area contributed by atoms with Gasteiger partial charge in [-0.1, -0.05) is 172 Å². The average molecular weight is 651 g/mol. The molecule has 0 aliphatic heterocycles. The van der Waals surface area contributed by atoms with Crippen LogP contribution in [0.5, 0.6) is 5.75 Å². The monoisotopic (exact) mass is 650 g/mol. The van der Waals surface area contributed by atoms with Crippen LogP contribution in [0.15, 0.2) is 66.2 Å². The van der Waals surface area contributed by atoms with Gasteiger partial charge in [0.05, 0.1) is 18.2 Å². The van der Waals surface area contributed by atoms with Crippen molar-refractivity contribution in [2.45, 2.75) is 154 Å². The Morgan fingerprint density at radius 2 is 1.08 bits per heavy atom. The van der Waals surface area contributed by atoms with Gasteiger partial charge in [0.1, 0.15) is 11.8 Å². The number of hydrogen-bond acceptors (Lipinski definition) is 4. The Morgan fingerprint density at radius 3 is 1.58 bits per heavy atom. The number of hydrogen-bond donors (Lipinski definition) is 0. The third kappa shape index (κ3) is 13.6. The SMILES string of the molecule is CCCCCCCCCCCCOc1ccc(C2=C(c3ccccc3)CC(C#N)(OCCCCCCCCCCCC)C(C#N)=C2)cc1. The summed E-state index contributed by atoms with van der Waals surface area (Å²) in [7, 11) is 0. The van der Waals surface area contributed by atoms with Crippen LogP contribution in [0.4, 0.5) is 0 Å². The Bertz CT molecular complexity index is 1300. The summed E-state index contributed by atoms with van der Waals surface area (Å²) in [5, 5.41) is 20.7. The van der Waals surface area contributed by atoms with Gasteiger partial charge in [-0.2, -0.15) is 10.5 Å². The van der Waals surface area contributed by atoms with Crippen molar-refractivity contribution >= 4 is 11.1 Å². The van der Waals surface area contributed by atoms with Crippen molar-refractivity contribution in [2.24, 2.45) is 0 Å². The van der Waals surface area contributed by atoms with Crippen LogP contribution in [0.3, 0.4) is 0 Å². The number of benzene rings is 2. The summed E-state index contributed by atoms with van der Waals surface area (Å²) in [6.07, 6.45) is 27.7. The van der Waals surface area contributed by atoms with Crippen molar-refractivity contribution in [1.82, 2.24) is 0 Å². The van der Waals surface area contributed by atoms with E-state index in [9.17, 15) is 10.5 Å². The fourth-order valence-corrected chi connectivity index (χ4v) is 6.67. The van der Waals surface area contributed by atoms with Crippen molar-refractivity contribution in [3.05, 3.63) is 77.4 Å². The molecule has 0 amide bonds. The molecule has 0 aromatic heterocycles. The maximum atomic E-state index is 10.5. The Morgan fingerprint density at radius 1 is 0.583 bits per heavy atom. The molecule has 1 aliphatic rings. The molecule has 3 rings (SSSR count). The second-order valence-corrected chi connectivity index (χ2v) is 13.6. The van der Waals surface area contributed by atoms with Gasteiger partial charge in [0.25, 0.3) is 0 Å². The summed E-state index contributed by atoms with van der Waals surface area (Å²) in [4.78, 5) is 0. The van der Waals surface area contributed by atoms with Gasteiger partial charge >= 0.3 is 0 Å². The first-order chi connectivity index (χ1) is 23.7. The van der Waals surface area contributed by atoms with Crippen LogP contribution in [-0.2, 0) is 4.74 Å². The number of unbranched alkanes of at least 4 members (excludes halogenated alkanes) is 18. The first-order valence-electron chi connectivity index (χ1n) is 19.4. The molecule has 48 heavy (non-hydrogen) atoms. The fourth-order valence-electron chi connectivity index (χ4n) is 6.67. The highest BCUT2D eigenvalue weighted by Gasteiger charge is 2.41. The molecule has 2 aromatic carbocycles. The molecule has 2 aromatic rings. The second-order valence-electron chi connectivity index (χ2n) is 13.6. The Labute approximate surface area is 293 Å². The summed E-state index contributed by atoms with van der Waals surface area (Å²) in [6.45, 7) is 5.73. The van der Waals surface area contributed by atoms with E-state index in [0.717, 1.165) is 53.9 Å². The minimum atomic E-state index is -1.28. The van der Waals surface area contributed by atoms with Crippen LogP contribution in [0.1, 0.15) is 160 Å². The van der Waals surface area contributed by atoms with Crippen LogP contribution in [0, 0.1) is 22.7 Å². The quantitative estimate of drug-likeness (QED) is 0.0950. The lowest BCUT2D eigenvalue weighted by atomic mass is 9.77. The van der Waals surface area contributed by atoms with Gasteiger partial charge < -0.3 is 9.47 Å². The molecule has 4 heteroatoms. The van der Waals surface area contributed by atoms with Gasteiger partial charge in [-0.25, -0.2) is 0 Å². The van der Waals surface area contributed by atoms with Crippen molar-refractivity contribution in [3.63, 3.8) is 0 Å². The van der Waals surface area contributed by atoms with Gasteiger partial charge in [-0.15, -0.1) is 0 Å². The molecule has 0 saturated heterocycles. The molecule has 4 nitrogen and oxygen atoms in total. The molecular formula is C44H62N2O2. The molecule has 0 bridgehead atoms. The molecule has 0 fully saturated rings. The second kappa shape index (κ2) is 23.9. The molecule has 1 atom stereocenters. The van der Waals surface area contributed by atoms with Crippen molar-refractivity contribution in [1.29, 1.82) is 10.5 Å². The van der Waals surface area contributed by atoms with Crippen LogP contribution >= 0.6 is 0 Å².